The molecule has 0 bridgehead atoms. The second-order valence-corrected chi connectivity index (χ2v) is 5.88. The van der Waals surface area contributed by atoms with Crippen LogP contribution in [-0.4, -0.2) is 28.6 Å². The number of hydrogen-bond acceptors (Lipinski definition) is 7. The van der Waals surface area contributed by atoms with Crippen LogP contribution in [0.15, 0.2) is 20.8 Å². The Bertz CT molecular complexity index is 544. The smallest absolute Gasteiger partial charge is 0.157 e. The minimum absolute atomic E-state index is 0.427. The van der Waals surface area contributed by atoms with E-state index in [0.717, 1.165) is 20.9 Å². The van der Waals surface area contributed by atoms with Crippen molar-refractivity contribution < 1.29 is 4.74 Å². The lowest BCUT2D eigenvalue weighted by Gasteiger charge is -2.06. The summed E-state index contributed by atoms with van der Waals surface area (Å²) in [5.74, 6) is 1.48. The molecule has 0 aliphatic heterocycles. The van der Waals surface area contributed by atoms with E-state index < -0.39 is 0 Å². The normalized spacial score (nSPS) is 10.7. The molecule has 5 nitrogen and oxygen atoms in total. The summed E-state index contributed by atoms with van der Waals surface area (Å²) in [6.45, 7) is 5.02. The molecule has 0 amide bonds. The molecule has 0 spiro atoms. The Hall–Kier alpha value is -1.18. The van der Waals surface area contributed by atoms with Gasteiger partial charge >= 0.3 is 0 Å². The van der Waals surface area contributed by atoms with Crippen LogP contribution in [-0.2, 0) is 11.3 Å². The van der Waals surface area contributed by atoms with Crippen molar-refractivity contribution in [1.82, 2.24) is 15.0 Å². The zero-order chi connectivity index (χ0) is 13.7. The van der Waals surface area contributed by atoms with Gasteiger partial charge in [0, 0.05) is 30.8 Å². The van der Waals surface area contributed by atoms with Crippen LogP contribution in [0.3, 0.4) is 0 Å². The number of nitrogens with one attached hydrogen (secondary N) is 1. The van der Waals surface area contributed by atoms with Crippen LogP contribution >= 0.6 is 23.1 Å². The van der Waals surface area contributed by atoms with Crippen molar-refractivity contribution in [3.8, 4) is 0 Å². The lowest BCUT2D eigenvalue weighted by Crippen LogP contribution is -2.03. The largest absolute Gasteiger partial charge is 0.374 e. The molecule has 0 fully saturated rings. The van der Waals surface area contributed by atoms with E-state index in [0.29, 0.717) is 19.0 Å². The predicted molar refractivity (Wildman–Crippen MR) is 77.9 cm³/mol. The molecule has 2 aromatic heterocycles. The third kappa shape index (κ3) is 4.15. The second-order valence-electron chi connectivity index (χ2n) is 3.75. The Labute approximate surface area is 120 Å². The summed E-state index contributed by atoms with van der Waals surface area (Å²) in [6, 6.07) is 1.91. The van der Waals surface area contributed by atoms with Gasteiger partial charge in [-0.05, 0) is 25.6 Å². The van der Waals surface area contributed by atoms with E-state index in [-0.39, 0.29) is 0 Å². The fourth-order valence-electron chi connectivity index (χ4n) is 1.38. The van der Waals surface area contributed by atoms with Crippen LogP contribution in [0.4, 0.5) is 5.82 Å². The quantitative estimate of drug-likeness (QED) is 0.827. The highest BCUT2D eigenvalue weighted by atomic mass is 32.2. The summed E-state index contributed by atoms with van der Waals surface area (Å²) in [7, 11) is 1.84. The van der Waals surface area contributed by atoms with Crippen LogP contribution in [0, 0.1) is 6.92 Å². The number of ether oxygens (including phenoxy) is 1. The highest BCUT2D eigenvalue weighted by molar-refractivity contribution is 8.01. The Balaban J connectivity index is 2.18. The van der Waals surface area contributed by atoms with Crippen LogP contribution in [0.2, 0.25) is 0 Å². The highest BCUT2D eigenvalue weighted by Crippen LogP contribution is 2.29. The minimum Gasteiger partial charge on any atom is -0.374 e. The van der Waals surface area contributed by atoms with Gasteiger partial charge in [0.15, 0.2) is 10.2 Å². The van der Waals surface area contributed by atoms with E-state index in [1.165, 1.54) is 0 Å². The van der Waals surface area contributed by atoms with E-state index in [1.807, 2.05) is 32.3 Å². The lowest BCUT2D eigenvalue weighted by atomic mass is 10.5. The monoisotopic (exact) mass is 296 g/mol. The molecule has 19 heavy (non-hydrogen) atoms. The van der Waals surface area contributed by atoms with Crippen LogP contribution in [0.1, 0.15) is 18.4 Å². The molecule has 2 rings (SSSR count). The second kappa shape index (κ2) is 6.83. The number of anilines is 1. The van der Waals surface area contributed by atoms with Gasteiger partial charge in [-0.1, -0.05) is 0 Å². The molecule has 0 aliphatic rings. The number of hydrogen-bond donors (Lipinski definition) is 1. The van der Waals surface area contributed by atoms with E-state index >= 15 is 0 Å². The van der Waals surface area contributed by atoms with E-state index in [1.54, 1.807) is 23.1 Å². The van der Waals surface area contributed by atoms with E-state index in [2.05, 4.69) is 20.3 Å². The molecule has 0 saturated carbocycles. The fourth-order valence-corrected chi connectivity index (χ4v) is 3.18. The molecule has 102 valence electrons. The lowest BCUT2D eigenvalue weighted by molar-refractivity contribution is 0.128. The van der Waals surface area contributed by atoms with Gasteiger partial charge in [0.25, 0.3) is 0 Å². The van der Waals surface area contributed by atoms with E-state index in [9.17, 15) is 0 Å². The van der Waals surface area contributed by atoms with Crippen molar-refractivity contribution in [3.63, 3.8) is 0 Å². The van der Waals surface area contributed by atoms with Crippen molar-refractivity contribution in [2.24, 2.45) is 0 Å². The molecule has 0 aromatic carbocycles. The molecule has 0 atom stereocenters. The molecule has 2 heterocycles. The molecule has 0 unspecified atom stereocenters. The number of thiazole rings is 1. The molecular weight excluding hydrogens is 280 g/mol. The number of aryl methyl sites for hydroxylation is 1. The zero-order valence-electron chi connectivity index (χ0n) is 11.1. The van der Waals surface area contributed by atoms with Crippen LogP contribution < -0.4 is 5.32 Å². The van der Waals surface area contributed by atoms with Gasteiger partial charge in [0.1, 0.15) is 17.5 Å². The van der Waals surface area contributed by atoms with Crippen molar-refractivity contribution in [1.29, 1.82) is 0 Å². The van der Waals surface area contributed by atoms with Crippen LogP contribution in [0.5, 0.6) is 0 Å². The molecule has 0 saturated heterocycles. The van der Waals surface area contributed by atoms with Crippen molar-refractivity contribution in [2.75, 3.05) is 19.0 Å². The first-order valence-corrected chi connectivity index (χ1v) is 7.64. The Morgan fingerprint density at radius 3 is 2.84 bits per heavy atom. The topological polar surface area (TPSA) is 59.9 Å². The van der Waals surface area contributed by atoms with Crippen molar-refractivity contribution in [2.45, 2.75) is 29.8 Å². The van der Waals surface area contributed by atoms with Gasteiger partial charge in [0.05, 0.1) is 0 Å². The van der Waals surface area contributed by atoms with Gasteiger partial charge in [-0.3, -0.25) is 0 Å². The maximum absolute atomic E-state index is 5.35. The van der Waals surface area contributed by atoms with Gasteiger partial charge in [-0.25, -0.2) is 15.0 Å². The first-order valence-electron chi connectivity index (χ1n) is 5.94. The molecule has 0 radical (unpaired) electrons. The SMILES string of the molecule is CCOCc1nc(NC)cc(Sc2nc(C)cs2)n1. The summed E-state index contributed by atoms with van der Waals surface area (Å²) in [4.78, 5) is 13.3. The molecule has 1 N–H and O–H groups in total. The molecule has 7 heteroatoms. The van der Waals surface area contributed by atoms with Gasteiger partial charge in [-0.2, -0.15) is 0 Å². The highest BCUT2D eigenvalue weighted by Gasteiger charge is 2.08. The Morgan fingerprint density at radius 1 is 1.37 bits per heavy atom. The third-order valence-electron chi connectivity index (χ3n) is 2.23. The number of nitrogens with zero attached hydrogens (tertiary/aromatic N) is 3. The summed E-state index contributed by atoms with van der Waals surface area (Å²) >= 11 is 3.17. The third-order valence-corrected chi connectivity index (χ3v) is 4.20. The summed E-state index contributed by atoms with van der Waals surface area (Å²) in [5, 5.41) is 5.95. The zero-order valence-corrected chi connectivity index (χ0v) is 12.8. The maximum Gasteiger partial charge on any atom is 0.157 e. The standard InChI is InChI=1S/C12H16N4OS2/c1-4-17-6-10-15-9(13-3)5-11(16-10)19-12-14-8(2)7-18-12/h5,7H,4,6H2,1-3H3,(H,13,15,16). The van der Waals surface area contributed by atoms with Gasteiger partial charge in [-0.15, -0.1) is 11.3 Å². The van der Waals surface area contributed by atoms with E-state index in [4.69, 9.17) is 4.74 Å². The van der Waals surface area contributed by atoms with Crippen LogP contribution in [0.25, 0.3) is 0 Å². The first-order chi connectivity index (χ1) is 9.21. The number of aromatic nitrogens is 3. The van der Waals surface area contributed by atoms with Crippen molar-refractivity contribution in [3.05, 3.63) is 23.0 Å². The summed E-state index contributed by atoms with van der Waals surface area (Å²) < 4.78 is 6.34. The Morgan fingerprint density at radius 2 is 2.21 bits per heavy atom. The molecule has 2 aromatic rings. The fraction of sp³-hybridized carbons (Fsp3) is 0.417. The van der Waals surface area contributed by atoms with Crippen molar-refractivity contribution >= 4 is 28.9 Å². The summed E-state index contributed by atoms with van der Waals surface area (Å²) in [6.07, 6.45) is 0. The maximum atomic E-state index is 5.35. The average molecular weight is 296 g/mol. The summed E-state index contributed by atoms with van der Waals surface area (Å²) in [5.41, 5.74) is 1.03. The first kappa shape index (κ1) is 14.2. The minimum atomic E-state index is 0.427. The molecular formula is C12H16N4OS2. The predicted octanol–water partition coefficient (Wildman–Crippen LogP) is 2.97. The average Bonchev–Trinajstić information content (AvgIpc) is 2.81. The Kier molecular flexibility index (Phi) is 5.12. The van der Waals surface area contributed by atoms with Gasteiger partial charge < -0.3 is 10.1 Å². The molecule has 0 aliphatic carbocycles. The number of rotatable bonds is 6. The van der Waals surface area contributed by atoms with Gasteiger partial charge in [0.2, 0.25) is 0 Å².